The first-order chi connectivity index (χ1) is 16.1. The van der Waals surface area contributed by atoms with E-state index < -0.39 is 22.0 Å². The molecule has 3 rings (SSSR count). The smallest absolute Gasteiger partial charge is 0.253 e. The van der Waals surface area contributed by atoms with Crippen molar-refractivity contribution < 1.29 is 27.5 Å². The van der Waals surface area contributed by atoms with Crippen LogP contribution in [0.4, 0.5) is 11.4 Å². The summed E-state index contributed by atoms with van der Waals surface area (Å²) in [6.07, 6.45) is 2.82. The Kier molecular flexibility index (Phi) is 8.40. The van der Waals surface area contributed by atoms with E-state index in [1.165, 1.54) is 32.2 Å². The molecule has 1 saturated heterocycles. The second-order valence-corrected chi connectivity index (χ2v) is 10.2. The van der Waals surface area contributed by atoms with Gasteiger partial charge in [0.25, 0.3) is 5.91 Å². The standard InChI is InChI=1S/C23H28ClN3O6S/c1-15(27(34(3,30)31)16-10-11-21(32-2)19(24)13-16)22(28)26-20-9-5-4-8-18(20)23(29)25-14-17-7-6-12-33-17/h4-5,8-11,13,15,17H,6-7,12,14H2,1-3H3,(H,25,29)(H,26,28)/t15-,17-/m0/s1. The van der Waals surface area contributed by atoms with E-state index in [0.29, 0.717) is 18.9 Å². The Labute approximate surface area is 204 Å². The summed E-state index contributed by atoms with van der Waals surface area (Å²) in [6, 6.07) is 9.83. The zero-order chi connectivity index (χ0) is 24.9. The predicted molar refractivity (Wildman–Crippen MR) is 131 cm³/mol. The summed E-state index contributed by atoms with van der Waals surface area (Å²) in [5.41, 5.74) is 0.739. The highest BCUT2D eigenvalue weighted by atomic mass is 35.5. The first-order valence-electron chi connectivity index (χ1n) is 10.7. The van der Waals surface area contributed by atoms with Gasteiger partial charge in [-0.2, -0.15) is 0 Å². The van der Waals surface area contributed by atoms with Crippen LogP contribution in [0.2, 0.25) is 5.02 Å². The van der Waals surface area contributed by atoms with Gasteiger partial charge in [0.05, 0.1) is 41.4 Å². The lowest BCUT2D eigenvalue weighted by molar-refractivity contribution is -0.116. The number of para-hydroxylation sites is 1. The Balaban J connectivity index is 1.79. The molecule has 2 atom stereocenters. The van der Waals surface area contributed by atoms with Gasteiger partial charge in [0.2, 0.25) is 15.9 Å². The molecule has 0 aliphatic carbocycles. The SMILES string of the molecule is COc1ccc(N([C@@H](C)C(=O)Nc2ccccc2C(=O)NC[C@@H]2CCCO2)S(C)(=O)=O)cc1Cl. The number of ether oxygens (including phenoxy) is 2. The molecule has 0 aromatic heterocycles. The summed E-state index contributed by atoms with van der Waals surface area (Å²) in [7, 11) is -2.41. The molecule has 0 radical (unpaired) electrons. The number of carbonyl (C=O) groups excluding carboxylic acids is 2. The van der Waals surface area contributed by atoms with Crippen LogP contribution >= 0.6 is 11.6 Å². The number of methoxy groups -OCH3 is 1. The Morgan fingerprint density at radius 1 is 1.26 bits per heavy atom. The van der Waals surface area contributed by atoms with Gasteiger partial charge in [-0.3, -0.25) is 13.9 Å². The van der Waals surface area contributed by atoms with Crippen LogP contribution in [-0.2, 0) is 19.6 Å². The number of anilines is 2. The van der Waals surface area contributed by atoms with Crippen LogP contribution in [0.5, 0.6) is 5.75 Å². The molecule has 0 bridgehead atoms. The number of nitrogens with zero attached hydrogens (tertiary/aromatic N) is 1. The minimum Gasteiger partial charge on any atom is -0.495 e. The van der Waals surface area contributed by atoms with E-state index in [2.05, 4.69) is 10.6 Å². The van der Waals surface area contributed by atoms with Gasteiger partial charge in [-0.25, -0.2) is 8.42 Å². The zero-order valence-corrected chi connectivity index (χ0v) is 20.8. The van der Waals surface area contributed by atoms with Crippen molar-refractivity contribution in [3.05, 3.63) is 53.1 Å². The topological polar surface area (TPSA) is 114 Å². The highest BCUT2D eigenvalue weighted by Gasteiger charge is 2.30. The summed E-state index contributed by atoms with van der Waals surface area (Å²) < 4.78 is 36.8. The van der Waals surface area contributed by atoms with Crippen LogP contribution in [0.25, 0.3) is 0 Å². The largest absolute Gasteiger partial charge is 0.495 e. The highest BCUT2D eigenvalue weighted by Crippen LogP contribution is 2.31. The van der Waals surface area contributed by atoms with Gasteiger partial charge in [0.15, 0.2) is 0 Å². The number of nitrogens with one attached hydrogen (secondary N) is 2. The highest BCUT2D eigenvalue weighted by molar-refractivity contribution is 7.92. The van der Waals surface area contributed by atoms with Crippen molar-refractivity contribution in [2.75, 3.05) is 36.1 Å². The Morgan fingerprint density at radius 2 is 2.00 bits per heavy atom. The lowest BCUT2D eigenvalue weighted by atomic mass is 10.1. The number of rotatable bonds is 9. The third-order valence-electron chi connectivity index (χ3n) is 5.42. The molecule has 11 heteroatoms. The van der Waals surface area contributed by atoms with Gasteiger partial charge in [-0.15, -0.1) is 0 Å². The number of hydrogen-bond donors (Lipinski definition) is 2. The molecule has 34 heavy (non-hydrogen) atoms. The second-order valence-electron chi connectivity index (χ2n) is 7.93. The van der Waals surface area contributed by atoms with Gasteiger partial charge in [-0.05, 0) is 50.1 Å². The molecule has 0 saturated carbocycles. The van der Waals surface area contributed by atoms with E-state index in [9.17, 15) is 18.0 Å². The van der Waals surface area contributed by atoms with Crippen molar-refractivity contribution in [2.24, 2.45) is 0 Å². The Morgan fingerprint density at radius 3 is 2.62 bits per heavy atom. The third kappa shape index (κ3) is 6.19. The van der Waals surface area contributed by atoms with Crippen molar-refractivity contribution in [3.8, 4) is 5.75 Å². The lowest BCUT2D eigenvalue weighted by Crippen LogP contribution is -2.45. The van der Waals surface area contributed by atoms with Gasteiger partial charge in [-0.1, -0.05) is 23.7 Å². The fraction of sp³-hybridized carbons (Fsp3) is 0.391. The normalized spacial score (nSPS) is 16.5. The number of amides is 2. The maximum atomic E-state index is 13.1. The van der Waals surface area contributed by atoms with Crippen molar-refractivity contribution in [1.29, 1.82) is 0 Å². The fourth-order valence-corrected chi connectivity index (χ4v) is 5.15. The first kappa shape index (κ1) is 25.8. The number of halogens is 1. The quantitative estimate of drug-likeness (QED) is 0.537. The first-order valence-corrected chi connectivity index (χ1v) is 13.0. The zero-order valence-electron chi connectivity index (χ0n) is 19.2. The molecule has 9 nitrogen and oxygen atoms in total. The summed E-state index contributed by atoms with van der Waals surface area (Å²) in [6.45, 7) is 2.51. The number of carbonyl (C=O) groups is 2. The Bertz CT molecular complexity index is 1150. The number of sulfonamides is 1. The summed E-state index contributed by atoms with van der Waals surface area (Å²) in [5.74, 6) is -0.600. The van der Waals surface area contributed by atoms with Crippen molar-refractivity contribution in [3.63, 3.8) is 0 Å². The maximum Gasteiger partial charge on any atom is 0.253 e. The molecule has 2 N–H and O–H groups in total. The van der Waals surface area contributed by atoms with Gasteiger partial charge < -0.3 is 20.1 Å². The van der Waals surface area contributed by atoms with E-state index in [1.807, 2.05) is 0 Å². The van der Waals surface area contributed by atoms with Crippen LogP contribution in [0.15, 0.2) is 42.5 Å². The van der Waals surface area contributed by atoms with Gasteiger partial charge in [0, 0.05) is 13.2 Å². The lowest BCUT2D eigenvalue weighted by Gasteiger charge is -2.28. The van der Waals surface area contributed by atoms with E-state index in [0.717, 1.165) is 23.4 Å². The molecule has 1 aliphatic rings. The van der Waals surface area contributed by atoms with Crippen LogP contribution in [0.1, 0.15) is 30.1 Å². The van der Waals surface area contributed by atoms with Crippen molar-refractivity contribution in [1.82, 2.24) is 5.32 Å². The van der Waals surface area contributed by atoms with E-state index in [1.54, 1.807) is 24.3 Å². The molecule has 1 heterocycles. The van der Waals surface area contributed by atoms with E-state index >= 15 is 0 Å². The molecule has 0 unspecified atom stereocenters. The molecule has 184 valence electrons. The van der Waals surface area contributed by atoms with Crippen LogP contribution in [0, 0.1) is 0 Å². The average Bonchev–Trinajstić information content (AvgIpc) is 3.31. The van der Waals surface area contributed by atoms with Crippen molar-refractivity contribution >= 4 is 44.8 Å². The monoisotopic (exact) mass is 509 g/mol. The second kappa shape index (κ2) is 11.1. The van der Waals surface area contributed by atoms with E-state index in [4.69, 9.17) is 21.1 Å². The number of hydrogen-bond acceptors (Lipinski definition) is 6. The van der Waals surface area contributed by atoms with Crippen LogP contribution in [-0.4, -0.2) is 58.9 Å². The predicted octanol–water partition coefficient (Wildman–Crippen LogP) is 3.05. The van der Waals surface area contributed by atoms with Gasteiger partial charge >= 0.3 is 0 Å². The molecule has 0 spiro atoms. The molecular formula is C23H28ClN3O6S. The molecule has 1 fully saturated rings. The molecule has 1 aliphatic heterocycles. The summed E-state index contributed by atoms with van der Waals surface area (Å²) in [5, 5.41) is 5.71. The molecular weight excluding hydrogens is 482 g/mol. The molecule has 2 aromatic rings. The minimum atomic E-state index is -3.86. The minimum absolute atomic E-state index is 0.0228. The molecule has 2 amide bonds. The van der Waals surface area contributed by atoms with Crippen LogP contribution in [0.3, 0.4) is 0 Å². The van der Waals surface area contributed by atoms with Gasteiger partial charge in [0.1, 0.15) is 11.8 Å². The summed E-state index contributed by atoms with van der Waals surface area (Å²) >= 11 is 6.17. The fourth-order valence-electron chi connectivity index (χ4n) is 3.74. The Hall–Kier alpha value is -2.82. The maximum absolute atomic E-state index is 13.1. The molecule has 2 aromatic carbocycles. The average molecular weight is 510 g/mol. The summed E-state index contributed by atoms with van der Waals surface area (Å²) in [4.78, 5) is 25.8. The third-order valence-corrected chi connectivity index (χ3v) is 6.96. The van der Waals surface area contributed by atoms with E-state index in [-0.39, 0.29) is 34.0 Å². The number of benzene rings is 2. The van der Waals surface area contributed by atoms with Crippen molar-refractivity contribution in [2.45, 2.75) is 31.9 Å². The van der Waals surface area contributed by atoms with Crippen LogP contribution < -0.4 is 19.7 Å².